The molecule has 0 saturated carbocycles. The van der Waals surface area contributed by atoms with Crippen molar-refractivity contribution in [1.82, 2.24) is 15.5 Å². The molecule has 1 aromatic rings. The maximum absolute atomic E-state index is 12.8. The van der Waals surface area contributed by atoms with Crippen molar-refractivity contribution in [2.24, 2.45) is 0 Å². The number of likely N-dealkylation sites (tertiary alicyclic amines) is 1. The lowest BCUT2D eigenvalue weighted by atomic mass is 10.1. The molecule has 0 bridgehead atoms. The summed E-state index contributed by atoms with van der Waals surface area (Å²) in [4.78, 5) is 38.4. The molecule has 1 aliphatic rings. The second-order valence-corrected chi connectivity index (χ2v) is 7.39. The van der Waals surface area contributed by atoms with Crippen LogP contribution in [0.15, 0.2) is 18.2 Å². The average molecular weight is 400 g/mol. The average Bonchev–Trinajstić information content (AvgIpc) is 3.05. The van der Waals surface area contributed by atoms with Crippen molar-refractivity contribution in [3.05, 3.63) is 33.8 Å². The normalized spacial score (nSPS) is 16.7. The van der Waals surface area contributed by atoms with Crippen LogP contribution in [0.25, 0.3) is 0 Å². The van der Waals surface area contributed by atoms with E-state index in [9.17, 15) is 14.4 Å². The Balaban J connectivity index is 1.96. The van der Waals surface area contributed by atoms with Gasteiger partial charge in [0.1, 0.15) is 6.04 Å². The molecule has 2 rings (SSSR count). The zero-order valence-corrected chi connectivity index (χ0v) is 16.4. The van der Waals surface area contributed by atoms with Crippen molar-refractivity contribution in [3.63, 3.8) is 0 Å². The third-order valence-corrected chi connectivity index (χ3v) is 4.64. The molecule has 1 saturated heterocycles. The summed E-state index contributed by atoms with van der Waals surface area (Å²) in [5.74, 6) is -0.690. The fourth-order valence-corrected chi connectivity index (χ4v) is 3.28. The van der Waals surface area contributed by atoms with Crippen molar-refractivity contribution in [3.8, 4) is 0 Å². The topological polar surface area (TPSA) is 78.5 Å². The van der Waals surface area contributed by atoms with E-state index in [-0.39, 0.29) is 42.3 Å². The Bertz CT molecular complexity index is 694. The van der Waals surface area contributed by atoms with Crippen LogP contribution in [-0.2, 0) is 9.59 Å². The fraction of sp³-hybridized carbons (Fsp3) is 0.500. The van der Waals surface area contributed by atoms with Crippen LogP contribution in [0.4, 0.5) is 0 Å². The van der Waals surface area contributed by atoms with Crippen LogP contribution in [-0.4, -0.2) is 47.8 Å². The number of benzene rings is 1. The number of hydrogen-bond acceptors (Lipinski definition) is 3. The Morgan fingerprint density at radius 2 is 2.00 bits per heavy atom. The lowest BCUT2D eigenvalue weighted by Gasteiger charge is -2.24. The van der Waals surface area contributed by atoms with Gasteiger partial charge in [-0.15, -0.1) is 0 Å². The first-order valence-corrected chi connectivity index (χ1v) is 9.38. The quantitative estimate of drug-likeness (QED) is 0.771. The summed E-state index contributed by atoms with van der Waals surface area (Å²) < 4.78 is 0. The molecule has 0 aliphatic carbocycles. The molecule has 26 heavy (non-hydrogen) atoms. The van der Waals surface area contributed by atoms with Crippen molar-refractivity contribution < 1.29 is 14.4 Å². The van der Waals surface area contributed by atoms with Gasteiger partial charge in [0.05, 0.1) is 10.6 Å². The van der Waals surface area contributed by atoms with Crippen LogP contribution < -0.4 is 10.6 Å². The monoisotopic (exact) mass is 399 g/mol. The number of halogens is 2. The summed E-state index contributed by atoms with van der Waals surface area (Å²) in [5, 5.41) is 6.22. The van der Waals surface area contributed by atoms with Gasteiger partial charge in [0.25, 0.3) is 5.91 Å². The van der Waals surface area contributed by atoms with Gasteiger partial charge in [-0.1, -0.05) is 23.2 Å². The minimum absolute atomic E-state index is 0.0589. The van der Waals surface area contributed by atoms with Gasteiger partial charge in [-0.2, -0.15) is 0 Å². The Morgan fingerprint density at radius 3 is 2.69 bits per heavy atom. The van der Waals surface area contributed by atoms with Gasteiger partial charge >= 0.3 is 0 Å². The van der Waals surface area contributed by atoms with Crippen molar-refractivity contribution >= 4 is 40.9 Å². The molecule has 1 heterocycles. The fourth-order valence-electron chi connectivity index (χ4n) is 2.91. The molecular weight excluding hydrogens is 377 g/mol. The highest BCUT2D eigenvalue weighted by Crippen LogP contribution is 2.26. The number of carbonyl (C=O) groups is 3. The standard InChI is InChI=1S/C18H23Cl2N3O3/c1-11(2)22-16(24)7-8-21-17(25)15-4-3-9-23(15)18(26)13-10-12(19)5-6-14(13)20/h5-6,10-11,15H,3-4,7-9H2,1-2H3,(H,21,25)(H,22,24). The van der Waals surface area contributed by atoms with Crippen LogP contribution in [0.2, 0.25) is 10.0 Å². The maximum Gasteiger partial charge on any atom is 0.256 e. The van der Waals surface area contributed by atoms with E-state index < -0.39 is 6.04 Å². The molecule has 0 radical (unpaired) electrons. The van der Waals surface area contributed by atoms with E-state index in [0.29, 0.717) is 23.0 Å². The van der Waals surface area contributed by atoms with Crippen LogP contribution in [0.3, 0.4) is 0 Å². The molecule has 2 N–H and O–H groups in total. The van der Waals surface area contributed by atoms with Gasteiger partial charge in [-0.05, 0) is 44.9 Å². The minimum atomic E-state index is -0.564. The number of amides is 3. The molecule has 0 spiro atoms. The highest BCUT2D eigenvalue weighted by molar-refractivity contribution is 6.35. The summed E-state index contributed by atoms with van der Waals surface area (Å²) in [6.45, 7) is 4.46. The number of nitrogens with zero attached hydrogens (tertiary/aromatic N) is 1. The van der Waals surface area contributed by atoms with Crippen molar-refractivity contribution in [2.45, 2.75) is 45.2 Å². The van der Waals surface area contributed by atoms with E-state index in [2.05, 4.69) is 10.6 Å². The van der Waals surface area contributed by atoms with E-state index >= 15 is 0 Å². The number of rotatable bonds is 6. The predicted octanol–water partition coefficient (Wildman–Crippen LogP) is 2.63. The molecule has 1 fully saturated rings. The summed E-state index contributed by atoms with van der Waals surface area (Å²) in [7, 11) is 0. The molecule has 1 atom stereocenters. The maximum atomic E-state index is 12.8. The first-order chi connectivity index (χ1) is 12.3. The second kappa shape index (κ2) is 9.24. The molecule has 0 aromatic heterocycles. The molecule has 1 unspecified atom stereocenters. The third kappa shape index (κ3) is 5.35. The van der Waals surface area contributed by atoms with E-state index in [0.717, 1.165) is 6.42 Å². The lowest BCUT2D eigenvalue weighted by Crippen LogP contribution is -2.46. The number of hydrogen-bond donors (Lipinski definition) is 2. The van der Waals surface area contributed by atoms with E-state index in [1.54, 1.807) is 12.1 Å². The summed E-state index contributed by atoms with van der Waals surface area (Å²) in [5.41, 5.74) is 0.287. The molecule has 1 aliphatic heterocycles. The van der Waals surface area contributed by atoms with Crippen molar-refractivity contribution in [2.75, 3.05) is 13.1 Å². The number of carbonyl (C=O) groups excluding carboxylic acids is 3. The number of nitrogens with one attached hydrogen (secondary N) is 2. The van der Waals surface area contributed by atoms with Gasteiger partial charge in [-0.25, -0.2) is 0 Å². The molecule has 3 amide bonds. The van der Waals surface area contributed by atoms with E-state index in [1.165, 1.54) is 11.0 Å². The predicted molar refractivity (Wildman–Crippen MR) is 101 cm³/mol. The van der Waals surface area contributed by atoms with E-state index in [4.69, 9.17) is 23.2 Å². The van der Waals surface area contributed by atoms with Gasteiger partial charge < -0.3 is 15.5 Å². The van der Waals surface area contributed by atoms with Gasteiger partial charge in [-0.3, -0.25) is 14.4 Å². The van der Waals surface area contributed by atoms with Gasteiger partial charge in [0, 0.05) is 30.6 Å². The van der Waals surface area contributed by atoms with Gasteiger partial charge in [0.2, 0.25) is 11.8 Å². The Morgan fingerprint density at radius 1 is 1.27 bits per heavy atom. The minimum Gasteiger partial charge on any atom is -0.354 e. The Hall–Kier alpha value is -1.79. The van der Waals surface area contributed by atoms with Crippen LogP contribution >= 0.6 is 23.2 Å². The van der Waals surface area contributed by atoms with Crippen LogP contribution in [0.5, 0.6) is 0 Å². The first-order valence-electron chi connectivity index (χ1n) is 8.62. The Kier molecular flexibility index (Phi) is 7.29. The highest BCUT2D eigenvalue weighted by Gasteiger charge is 2.35. The van der Waals surface area contributed by atoms with Gasteiger partial charge in [0.15, 0.2) is 0 Å². The first kappa shape index (κ1) is 20.5. The molecule has 6 nitrogen and oxygen atoms in total. The SMILES string of the molecule is CC(C)NC(=O)CCNC(=O)C1CCCN1C(=O)c1cc(Cl)ccc1Cl. The van der Waals surface area contributed by atoms with E-state index in [1.807, 2.05) is 13.8 Å². The lowest BCUT2D eigenvalue weighted by molar-refractivity contribution is -0.125. The van der Waals surface area contributed by atoms with Crippen LogP contribution in [0.1, 0.15) is 43.5 Å². The third-order valence-electron chi connectivity index (χ3n) is 4.08. The summed E-state index contributed by atoms with van der Waals surface area (Å²) in [6.07, 6.45) is 1.51. The molecule has 8 heteroatoms. The van der Waals surface area contributed by atoms with Crippen LogP contribution in [0, 0.1) is 0 Å². The largest absolute Gasteiger partial charge is 0.354 e. The smallest absolute Gasteiger partial charge is 0.256 e. The molecule has 1 aromatic carbocycles. The summed E-state index contributed by atoms with van der Waals surface area (Å²) >= 11 is 12.1. The molecular formula is C18H23Cl2N3O3. The Labute approximate surface area is 163 Å². The second-order valence-electron chi connectivity index (χ2n) is 6.54. The molecule has 142 valence electrons. The zero-order valence-electron chi connectivity index (χ0n) is 14.9. The van der Waals surface area contributed by atoms with Crippen molar-refractivity contribution in [1.29, 1.82) is 0 Å². The highest BCUT2D eigenvalue weighted by atomic mass is 35.5. The zero-order chi connectivity index (χ0) is 19.3. The summed E-state index contributed by atoms with van der Waals surface area (Å²) in [6, 6.07) is 4.18.